The standard InChI is InChI=1S/C14H19NO2/c16-13-7-3-2-6-11(13)15-12-9-17-14-8-4-1-5-10(12)14/h1,4-5,8,11-13,15-16H,2-3,6-7,9H2. The summed E-state index contributed by atoms with van der Waals surface area (Å²) in [6.45, 7) is 0.683. The lowest BCUT2D eigenvalue weighted by molar-refractivity contribution is 0.0828. The highest BCUT2D eigenvalue weighted by atomic mass is 16.5. The molecule has 0 amide bonds. The van der Waals surface area contributed by atoms with Crippen LogP contribution in [0.2, 0.25) is 0 Å². The molecule has 0 aromatic heterocycles. The first kappa shape index (κ1) is 11.1. The molecule has 1 fully saturated rings. The van der Waals surface area contributed by atoms with Crippen molar-refractivity contribution in [1.82, 2.24) is 5.32 Å². The Bertz CT molecular complexity index is 394. The van der Waals surface area contributed by atoms with E-state index in [0.29, 0.717) is 6.61 Å². The summed E-state index contributed by atoms with van der Waals surface area (Å²) in [4.78, 5) is 0. The molecule has 3 nitrogen and oxygen atoms in total. The van der Waals surface area contributed by atoms with Gasteiger partial charge in [0.1, 0.15) is 12.4 Å². The van der Waals surface area contributed by atoms with Gasteiger partial charge in [0.15, 0.2) is 0 Å². The van der Waals surface area contributed by atoms with Gasteiger partial charge in [-0.2, -0.15) is 0 Å². The minimum Gasteiger partial charge on any atom is -0.491 e. The van der Waals surface area contributed by atoms with E-state index in [4.69, 9.17) is 4.74 Å². The number of hydrogen-bond acceptors (Lipinski definition) is 3. The number of hydrogen-bond donors (Lipinski definition) is 2. The third-order valence-corrected chi connectivity index (χ3v) is 3.84. The summed E-state index contributed by atoms with van der Waals surface area (Å²) < 4.78 is 5.64. The zero-order valence-corrected chi connectivity index (χ0v) is 9.93. The van der Waals surface area contributed by atoms with Crippen molar-refractivity contribution >= 4 is 0 Å². The minimum absolute atomic E-state index is 0.198. The molecule has 0 bridgehead atoms. The van der Waals surface area contributed by atoms with Gasteiger partial charge in [0, 0.05) is 11.6 Å². The molecule has 1 aromatic rings. The van der Waals surface area contributed by atoms with Gasteiger partial charge < -0.3 is 15.2 Å². The maximum Gasteiger partial charge on any atom is 0.124 e. The van der Waals surface area contributed by atoms with Crippen LogP contribution in [0.4, 0.5) is 0 Å². The minimum atomic E-state index is -0.198. The maximum atomic E-state index is 9.97. The van der Waals surface area contributed by atoms with Crippen LogP contribution >= 0.6 is 0 Å². The first-order chi connectivity index (χ1) is 8.34. The van der Waals surface area contributed by atoms with Crippen molar-refractivity contribution in [3.63, 3.8) is 0 Å². The molecule has 92 valence electrons. The summed E-state index contributed by atoms with van der Waals surface area (Å²) in [6, 6.07) is 8.62. The van der Waals surface area contributed by atoms with Gasteiger partial charge in [-0.1, -0.05) is 31.0 Å². The van der Waals surface area contributed by atoms with Gasteiger partial charge in [-0.05, 0) is 18.9 Å². The number of para-hydroxylation sites is 1. The van der Waals surface area contributed by atoms with E-state index in [9.17, 15) is 5.11 Å². The summed E-state index contributed by atoms with van der Waals surface area (Å²) in [7, 11) is 0. The molecule has 1 aliphatic carbocycles. The molecule has 2 aliphatic rings. The number of benzene rings is 1. The predicted molar refractivity (Wildman–Crippen MR) is 66.1 cm³/mol. The largest absolute Gasteiger partial charge is 0.491 e. The molecular weight excluding hydrogens is 214 g/mol. The van der Waals surface area contributed by atoms with E-state index in [0.717, 1.165) is 25.0 Å². The Morgan fingerprint density at radius 2 is 2.00 bits per heavy atom. The van der Waals surface area contributed by atoms with Gasteiger partial charge in [0.2, 0.25) is 0 Å². The molecule has 3 heteroatoms. The van der Waals surface area contributed by atoms with E-state index in [1.165, 1.54) is 12.0 Å². The van der Waals surface area contributed by atoms with Crippen LogP contribution in [0.15, 0.2) is 24.3 Å². The molecule has 0 spiro atoms. The second-order valence-electron chi connectivity index (χ2n) is 5.03. The smallest absolute Gasteiger partial charge is 0.124 e. The molecular formula is C14H19NO2. The topological polar surface area (TPSA) is 41.5 Å². The van der Waals surface area contributed by atoms with Crippen LogP contribution in [0.25, 0.3) is 0 Å². The van der Waals surface area contributed by atoms with Crippen molar-refractivity contribution in [2.45, 2.75) is 43.9 Å². The van der Waals surface area contributed by atoms with E-state index in [1.807, 2.05) is 18.2 Å². The number of nitrogens with one attached hydrogen (secondary N) is 1. The summed E-state index contributed by atoms with van der Waals surface area (Å²) in [5.41, 5.74) is 1.23. The van der Waals surface area contributed by atoms with E-state index < -0.39 is 0 Å². The average Bonchev–Trinajstić information content (AvgIpc) is 2.76. The monoisotopic (exact) mass is 233 g/mol. The van der Waals surface area contributed by atoms with Crippen molar-refractivity contribution < 1.29 is 9.84 Å². The second-order valence-corrected chi connectivity index (χ2v) is 5.03. The van der Waals surface area contributed by atoms with Crippen molar-refractivity contribution in [3.8, 4) is 5.75 Å². The number of ether oxygens (including phenoxy) is 1. The van der Waals surface area contributed by atoms with Crippen LogP contribution in [-0.4, -0.2) is 23.9 Å². The molecule has 0 radical (unpaired) electrons. The third kappa shape index (κ3) is 2.17. The Morgan fingerprint density at radius 1 is 1.18 bits per heavy atom. The Hall–Kier alpha value is -1.06. The summed E-state index contributed by atoms with van der Waals surface area (Å²) in [5, 5.41) is 13.5. The first-order valence-corrected chi connectivity index (χ1v) is 6.50. The predicted octanol–water partition coefficient (Wildman–Crippen LogP) is 2.01. The highest BCUT2D eigenvalue weighted by molar-refractivity contribution is 5.39. The fourth-order valence-corrected chi connectivity index (χ4v) is 2.86. The van der Waals surface area contributed by atoms with E-state index in [1.54, 1.807) is 0 Å². The second kappa shape index (κ2) is 4.67. The zero-order valence-electron chi connectivity index (χ0n) is 9.93. The molecule has 1 aliphatic heterocycles. The van der Waals surface area contributed by atoms with E-state index in [-0.39, 0.29) is 18.2 Å². The van der Waals surface area contributed by atoms with Crippen LogP contribution in [0.5, 0.6) is 5.75 Å². The first-order valence-electron chi connectivity index (χ1n) is 6.50. The van der Waals surface area contributed by atoms with Crippen molar-refractivity contribution in [1.29, 1.82) is 0 Å². The highest BCUT2D eigenvalue weighted by Crippen LogP contribution is 2.33. The average molecular weight is 233 g/mol. The van der Waals surface area contributed by atoms with Gasteiger partial charge in [0.05, 0.1) is 12.1 Å². The van der Waals surface area contributed by atoms with Gasteiger partial charge in [0.25, 0.3) is 0 Å². The van der Waals surface area contributed by atoms with Gasteiger partial charge in [-0.25, -0.2) is 0 Å². The van der Waals surface area contributed by atoms with Crippen LogP contribution in [0.1, 0.15) is 37.3 Å². The fraction of sp³-hybridized carbons (Fsp3) is 0.571. The maximum absolute atomic E-state index is 9.97. The molecule has 1 aromatic carbocycles. The quantitative estimate of drug-likeness (QED) is 0.821. The molecule has 1 heterocycles. The molecule has 0 saturated heterocycles. The lowest BCUT2D eigenvalue weighted by Crippen LogP contribution is -2.44. The summed E-state index contributed by atoms with van der Waals surface area (Å²) in [6.07, 6.45) is 4.16. The van der Waals surface area contributed by atoms with Crippen LogP contribution in [0.3, 0.4) is 0 Å². The molecule has 17 heavy (non-hydrogen) atoms. The fourth-order valence-electron chi connectivity index (χ4n) is 2.86. The Kier molecular flexibility index (Phi) is 3.04. The lowest BCUT2D eigenvalue weighted by atomic mass is 9.91. The Balaban J connectivity index is 1.70. The Morgan fingerprint density at radius 3 is 2.88 bits per heavy atom. The highest BCUT2D eigenvalue weighted by Gasteiger charge is 2.30. The third-order valence-electron chi connectivity index (χ3n) is 3.84. The van der Waals surface area contributed by atoms with Crippen molar-refractivity contribution in [2.24, 2.45) is 0 Å². The normalized spacial score (nSPS) is 31.9. The summed E-state index contributed by atoms with van der Waals surface area (Å²) >= 11 is 0. The Labute approximate surface area is 102 Å². The molecule has 1 saturated carbocycles. The summed E-state index contributed by atoms with van der Waals surface area (Å²) in [5.74, 6) is 0.982. The van der Waals surface area contributed by atoms with Gasteiger partial charge in [-0.3, -0.25) is 0 Å². The lowest BCUT2D eigenvalue weighted by Gasteiger charge is -2.30. The molecule has 3 unspecified atom stereocenters. The number of aliphatic hydroxyl groups is 1. The van der Waals surface area contributed by atoms with Gasteiger partial charge >= 0.3 is 0 Å². The van der Waals surface area contributed by atoms with Crippen LogP contribution in [0, 0.1) is 0 Å². The zero-order chi connectivity index (χ0) is 11.7. The molecule has 3 rings (SSSR count). The van der Waals surface area contributed by atoms with Crippen molar-refractivity contribution in [2.75, 3.05) is 6.61 Å². The molecule has 3 atom stereocenters. The van der Waals surface area contributed by atoms with E-state index in [2.05, 4.69) is 11.4 Å². The SMILES string of the molecule is OC1CCCCC1NC1COc2ccccc21. The number of rotatable bonds is 2. The van der Waals surface area contributed by atoms with Gasteiger partial charge in [-0.15, -0.1) is 0 Å². The van der Waals surface area contributed by atoms with E-state index >= 15 is 0 Å². The van der Waals surface area contributed by atoms with Crippen LogP contribution < -0.4 is 10.1 Å². The molecule has 2 N–H and O–H groups in total. The van der Waals surface area contributed by atoms with Crippen molar-refractivity contribution in [3.05, 3.63) is 29.8 Å². The van der Waals surface area contributed by atoms with Crippen LogP contribution in [-0.2, 0) is 0 Å². The number of aliphatic hydroxyl groups excluding tert-OH is 1. The number of fused-ring (bicyclic) bond motifs is 1.